The van der Waals surface area contributed by atoms with Gasteiger partial charge in [-0.3, -0.25) is 0 Å². The van der Waals surface area contributed by atoms with E-state index in [2.05, 4.69) is 5.32 Å². The quantitative estimate of drug-likeness (QED) is 0.862. The molecule has 6 heteroatoms. The minimum Gasteiger partial charge on any atom is -0.372 e. The Morgan fingerprint density at radius 2 is 2.05 bits per heavy atom. The summed E-state index contributed by atoms with van der Waals surface area (Å²) in [4.78, 5) is 13.8. The van der Waals surface area contributed by atoms with Gasteiger partial charge in [0.25, 0.3) is 0 Å². The molecule has 0 aromatic heterocycles. The number of carbonyl (C=O) groups excluding carboxylic acids is 1. The maximum atomic E-state index is 12.9. The van der Waals surface area contributed by atoms with E-state index in [1.807, 2.05) is 13.8 Å². The Balaban J connectivity index is 2.04. The molecule has 1 heterocycles. The molecule has 0 radical (unpaired) electrons. The van der Waals surface area contributed by atoms with Gasteiger partial charge >= 0.3 is 6.03 Å². The number of carbonyl (C=O) groups is 1. The molecule has 1 aliphatic heterocycles. The van der Waals surface area contributed by atoms with Gasteiger partial charge in [-0.25, -0.2) is 9.18 Å². The Hall–Kier alpha value is -1.33. The number of nitrogens with one attached hydrogen (secondary N) is 1. The van der Waals surface area contributed by atoms with E-state index in [-0.39, 0.29) is 23.3 Å². The van der Waals surface area contributed by atoms with Gasteiger partial charge in [-0.05, 0) is 32.0 Å². The smallest absolute Gasteiger partial charge is 0.322 e. The van der Waals surface area contributed by atoms with Crippen molar-refractivity contribution in [3.05, 3.63) is 29.0 Å². The van der Waals surface area contributed by atoms with Gasteiger partial charge in [0, 0.05) is 13.1 Å². The molecule has 1 aromatic rings. The van der Waals surface area contributed by atoms with Crippen LogP contribution in [0, 0.1) is 5.82 Å². The van der Waals surface area contributed by atoms with Crippen molar-refractivity contribution in [2.24, 2.45) is 0 Å². The van der Waals surface area contributed by atoms with Crippen molar-refractivity contribution >= 4 is 23.3 Å². The van der Waals surface area contributed by atoms with Gasteiger partial charge < -0.3 is 15.0 Å². The van der Waals surface area contributed by atoms with E-state index in [1.165, 1.54) is 18.2 Å². The molecule has 0 bridgehead atoms. The summed E-state index contributed by atoms with van der Waals surface area (Å²) in [5.74, 6) is -0.434. The molecule has 4 nitrogen and oxygen atoms in total. The zero-order chi connectivity index (χ0) is 14.0. The molecule has 1 N–H and O–H groups in total. The Kier molecular flexibility index (Phi) is 4.27. The summed E-state index contributed by atoms with van der Waals surface area (Å²) in [5, 5.41) is 2.86. The van der Waals surface area contributed by atoms with Crippen LogP contribution in [-0.2, 0) is 4.74 Å². The number of anilines is 1. The first-order valence-corrected chi connectivity index (χ1v) is 6.50. The first-order valence-electron chi connectivity index (χ1n) is 6.12. The van der Waals surface area contributed by atoms with E-state index in [9.17, 15) is 9.18 Å². The molecule has 104 valence electrons. The molecule has 1 aromatic carbocycles. The number of hydrogen-bond acceptors (Lipinski definition) is 2. The van der Waals surface area contributed by atoms with Gasteiger partial charge in [-0.1, -0.05) is 11.6 Å². The second-order valence-electron chi connectivity index (χ2n) is 4.72. The first kappa shape index (κ1) is 14.1. The number of hydrogen-bond donors (Lipinski definition) is 1. The zero-order valence-electron chi connectivity index (χ0n) is 10.8. The minimum atomic E-state index is -0.434. The highest BCUT2D eigenvalue weighted by atomic mass is 35.5. The highest BCUT2D eigenvalue weighted by Crippen LogP contribution is 2.23. The van der Waals surface area contributed by atoms with Crippen molar-refractivity contribution in [3.8, 4) is 0 Å². The van der Waals surface area contributed by atoms with E-state index >= 15 is 0 Å². The highest BCUT2D eigenvalue weighted by molar-refractivity contribution is 6.33. The molecule has 1 aliphatic rings. The van der Waals surface area contributed by atoms with Crippen molar-refractivity contribution in [2.45, 2.75) is 26.1 Å². The van der Waals surface area contributed by atoms with Crippen molar-refractivity contribution in [2.75, 3.05) is 18.4 Å². The topological polar surface area (TPSA) is 41.6 Å². The second-order valence-corrected chi connectivity index (χ2v) is 5.12. The van der Waals surface area contributed by atoms with Crippen LogP contribution in [0.25, 0.3) is 0 Å². The Labute approximate surface area is 116 Å². The number of ether oxygens (including phenoxy) is 1. The molecular formula is C13H16ClFN2O2. The lowest BCUT2D eigenvalue weighted by molar-refractivity contribution is -0.0530. The second kappa shape index (κ2) is 5.75. The number of benzene rings is 1. The lowest BCUT2D eigenvalue weighted by Gasteiger charge is -2.35. The summed E-state index contributed by atoms with van der Waals surface area (Å²) in [6.45, 7) is 4.88. The van der Waals surface area contributed by atoms with Gasteiger partial charge in [-0.2, -0.15) is 0 Å². The first-order chi connectivity index (χ1) is 8.95. The van der Waals surface area contributed by atoms with Gasteiger partial charge in [0.1, 0.15) is 5.82 Å². The molecule has 0 spiro atoms. The molecule has 0 saturated carbocycles. The Morgan fingerprint density at radius 3 is 2.63 bits per heavy atom. The fraction of sp³-hybridized carbons (Fsp3) is 0.462. The van der Waals surface area contributed by atoms with Crippen LogP contribution >= 0.6 is 11.6 Å². The molecule has 0 unspecified atom stereocenters. The van der Waals surface area contributed by atoms with Gasteiger partial charge in [0.15, 0.2) is 0 Å². The van der Waals surface area contributed by atoms with Crippen LogP contribution in [-0.4, -0.2) is 36.2 Å². The van der Waals surface area contributed by atoms with Crippen LogP contribution in [0.2, 0.25) is 5.02 Å². The summed E-state index contributed by atoms with van der Waals surface area (Å²) >= 11 is 5.87. The third kappa shape index (κ3) is 3.58. The number of rotatable bonds is 1. The normalized spacial score (nSPS) is 23.3. The minimum absolute atomic E-state index is 0.00168. The van der Waals surface area contributed by atoms with E-state index in [0.29, 0.717) is 18.8 Å². The van der Waals surface area contributed by atoms with Gasteiger partial charge in [0.2, 0.25) is 0 Å². The molecule has 2 amide bonds. The van der Waals surface area contributed by atoms with E-state index in [4.69, 9.17) is 16.3 Å². The Bertz CT molecular complexity index is 474. The molecule has 2 rings (SSSR count). The van der Waals surface area contributed by atoms with Crippen LogP contribution in [0.15, 0.2) is 18.2 Å². The van der Waals surface area contributed by atoms with E-state index < -0.39 is 5.82 Å². The lowest BCUT2D eigenvalue weighted by Crippen LogP contribution is -2.49. The molecule has 1 saturated heterocycles. The van der Waals surface area contributed by atoms with Crippen LogP contribution in [0.3, 0.4) is 0 Å². The van der Waals surface area contributed by atoms with Crippen LogP contribution in [0.1, 0.15) is 13.8 Å². The maximum absolute atomic E-state index is 12.9. The number of nitrogens with zero attached hydrogens (tertiary/aromatic N) is 1. The van der Waals surface area contributed by atoms with Crippen molar-refractivity contribution < 1.29 is 13.9 Å². The summed E-state index contributed by atoms with van der Waals surface area (Å²) in [7, 11) is 0. The monoisotopic (exact) mass is 286 g/mol. The average Bonchev–Trinajstić information content (AvgIpc) is 2.31. The van der Waals surface area contributed by atoms with Crippen LogP contribution < -0.4 is 5.32 Å². The molecule has 19 heavy (non-hydrogen) atoms. The summed E-state index contributed by atoms with van der Waals surface area (Å²) < 4.78 is 18.5. The summed E-state index contributed by atoms with van der Waals surface area (Å²) in [6.07, 6.45) is -0.00335. The molecule has 2 atom stereocenters. The number of urea groups is 1. The number of amides is 2. The van der Waals surface area contributed by atoms with Crippen LogP contribution in [0.5, 0.6) is 0 Å². The molecular weight excluding hydrogens is 271 g/mol. The van der Waals surface area contributed by atoms with Gasteiger partial charge in [0.05, 0.1) is 22.9 Å². The highest BCUT2D eigenvalue weighted by Gasteiger charge is 2.26. The van der Waals surface area contributed by atoms with Crippen LogP contribution in [0.4, 0.5) is 14.9 Å². The SMILES string of the molecule is C[C@H]1CN(C(=O)Nc2ccc(F)cc2Cl)C[C@H](C)O1. The standard InChI is InChI=1S/C13H16ClFN2O2/c1-8-6-17(7-9(2)19-8)13(18)16-12-4-3-10(15)5-11(12)14/h3-5,8-9H,6-7H2,1-2H3,(H,16,18)/t8-,9-/m0/s1. The third-order valence-corrected chi connectivity index (χ3v) is 3.19. The van der Waals surface area contributed by atoms with Crippen molar-refractivity contribution in [1.82, 2.24) is 4.90 Å². The largest absolute Gasteiger partial charge is 0.372 e. The molecule has 1 fully saturated rings. The third-order valence-electron chi connectivity index (χ3n) is 2.88. The molecule has 0 aliphatic carbocycles. The zero-order valence-corrected chi connectivity index (χ0v) is 11.6. The summed E-state index contributed by atoms with van der Waals surface area (Å²) in [5.41, 5.74) is 0.403. The van der Waals surface area contributed by atoms with E-state index in [0.717, 1.165) is 0 Å². The van der Waals surface area contributed by atoms with E-state index in [1.54, 1.807) is 4.90 Å². The summed E-state index contributed by atoms with van der Waals surface area (Å²) in [6, 6.07) is 3.62. The van der Waals surface area contributed by atoms with Crippen molar-refractivity contribution in [3.63, 3.8) is 0 Å². The number of morpholine rings is 1. The average molecular weight is 287 g/mol. The predicted molar refractivity (Wildman–Crippen MR) is 72.0 cm³/mol. The lowest BCUT2D eigenvalue weighted by atomic mass is 10.2. The fourth-order valence-corrected chi connectivity index (χ4v) is 2.34. The fourth-order valence-electron chi connectivity index (χ4n) is 2.13. The predicted octanol–water partition coefficient (Wildman–Crippen LogP) is 3.12. The maximum Gasteiger partial charge on any atom is 0.322 e. The van der Waals surface area contributed by atoms with Crippen molar-refractivity contribution in [1.29, 1.82) is 0 Å². The Morgan fingerprint density at radius 1 is 1.42 bits per heavy atom. The van der Waals surface area contributed by atoms with Gasteiger partial charge in [-0.15, -0.1) is 0 Å². The number of halogens is 2.